The predicted octanol–water partition coefficient (Wildman–Crippen LogP) is 2.47. The first-order valence-corrected chi connectivity index (χ1v) is 9.03. The maximum atomic E-state index is 5.98. The molecule has 5 heteroatoms. The van der Waals surface area contributed by atoms with Gasteiger partial charge in [0.15, 0.2) is 5.82 Å². The minimum absolute atomic E-state index is 0.160. The van der Waals surface area contributed by atoms with Gasteiger partial charge >= 0.3 is 0 Å². The topological polar surface area (TPSA) is 77.0 Å². The lowest BCUT2D eigenvalue weighted by Gasteiger charge is -2.23. The summed E-state index contributed by atoms with van der Waals surface area (Å²) in [4.78, 5) is 4.77. The predicted molar refractivity (Wildman–Crippen MR) is 84.6 cm³/mol. The van der Waals surface area contributed by atoms with Gasteiger partial charge in [-0.1, -0.05) is 18.5 Å². The Morgan fingerprint density at radius 2 is 2.05 bits per heavy atom. The highest BCUT2D eigenvalue weighted by Crippen LogP contribution is 2.47. The molecule has 5 nitrogen and oxygen atoms in total. The lowest BCUT2D eigenvalue weighted by atomic mass is 9.86. The van der Waals surface area contributed by atoms with Crippen molar-refractivity contribution >= 4 is 0 Å². The molecule has 2 atom stereocenters. The molecule has 0 aliphatic heterocycles. The van der Waals surface area contributed by atoms with Gasteiger partial charge in [0.25, 0.3) is 0 Å². The van der Waals surface area contributed by atoms with Gasteiger partial charge in [-0.05, 0) is 50.9 Å². The Morgan fingerprint density at radius 3 is 2.68 bits per heavy atom. The number of nitrogens with two attached hydrogens (primary N) is 1. The fraction of sp³-hybridized carbons (Fsp3) is 0.882. The van der Waals surface area contributed by atoms with Crippen molar-refractivity contribution in [2.45, 2.75) is 81.7 Å². The maximum absolute atomic E-state index is 5.98. The molecule has 1 aromatic rings. The van der Waals surface area contributed by atoms with E-state index in [1.807, 2.05) is 0 Å². The van der Waals surface area contributed by atoms with Gasteiger partial charge in [-0.15, -0.1) is 0 Å². The molecule has 3 saturated carbocycles. The van der Waals surface area contributed by atoms with Gasteiger partial charge in [-0.25, -0.2) is 0 Å². The summed E-state index contributed by atoms with van der Waals surface area (Å²) in [6.45, 7) is 3.30. The van der Waals surface area contributed by atoms with Crippen molar-refractivity contribution in [2.24, 2.45) is 11.7 Å². The Balaban J connectivity index is 1.36. The van der Waals surface area contributed by atoms with Crippen LogP contribution in [0.15, 0.2) is 4.52 Å². The third kappa shape index (κ3) is 2.81. The van der Waals surface area contributed by atoms with E-state index in [0.717, 1.165) is 55.9 Å². The second kappa shape index (κ2) is 5.60. The van der Waals surface area contributed by atoms with Crippen LogP contribution in [-0.2, 0) is 5.41 Å². The van der Waals surface area contributed by atoms with Crippen molar-refractivity contribution < 1.29 is 4.52 Å². The van der Waals surface area contributed by atoms with E-state index in [4.69, 9.17) is 15.2 Å². The van der Waals surface area contributed by atoms with Crippen molar-refractivity contribution in [2.75, 3.05) is 6.54 Å². The number of hydrogen-bond acceptors (Lipinski definition) is 5. The first kappa shape index (κ1) is 14.6. The van der Waals surface area contributed by atoms with Gasteiger partial charge in [0.05, 0.1) is 0 Å². The van der Waals surface area contributed by atoms with Crippen LogP contribution in [0.1, 0.15) is 75.9 Å². The number of nitrogens with one attached hydrogen (secondary N) is 1. The largest absolute Gasteiger partial charge is 0.339 e. The van der Waals surface area contributed by atoms with Crippen molar-refractivity contribution in [3.8, 4) is 0 Å². The first-order valence-electron chi connectivity index (χ1n) is 9.03. The molecule has 1 aromatic heterocycles. The Kier molecular flexibility index (Phi) is 3.73. The van der Waals surface area contributed by atoms with E-state index in [1.54, 1.807) is 0 Å². The van der Waals surface area contributed by atoms with Crippen LogP contribution in [0.4, 0.5) is 0 Å². The molecule has 0 amide bonds. The standard InChI is InChI=1S/C17H28N4O/c1-2-11-9-14(11)19-10-17(7-8-17)16-20-15(22-21-16)12-3-5-13(18)6-4-12/h11-14,19H,2-10,18H2,1H3/t11-,12-,13-,14-/m1/s1. The highest BCUT2D eigenvalue weighted by Gasteiger charge is 2.50. The Hall–Kier alpha value is -0.940. The quantitative estimate of drug-likeness (QED) is 0.844. The van der Waals surface area contributed by atoms with Crippen molar-refractivity contribution in [3.05, 3.63) is 11.7 Å². The highest BCUT2D eigenvalue weighted by atomic mass is 16.5. The molecular formula is C17H28N4O. The minimum atomic E-state index is 0.160. The van der Waals surface area contributed by atoms with Gasteiger partial charge in [-0.3, -0.25) is 0 Å². The molecule has 0 radical (unpaired) electrons. The van der Waals surface area contributed by atoms with Crippen LogP contribution in [0, 0.1) is 5.92 Å². The fourth-order valence-corrected chi connectivity index (χ4v) is 3.89. The molecule has 122 valence electrons. The smallest absolute Gasteiger partial charge is 0.229 e. The van der Waals surface area contributed by atoms with Crippen LogP contribution in [0.5, 0.6) is 0 Å². The Labute approximate surface area is 132 Å². The third-order valence-electron chi connectivity index (χ3n) is 6.04. The van der Waals surface area contributed by atoms with E-state index in [9.17, 15) is 0 Å². The summed E-state index contributed by atoms with van der Waals surface area (Å²) >= 11 is 0. The lowest BCUT2D eigenvalue weighted by Crippen LogP contribution is -2.30. The van der Waals surface area contributed by atoms with Crippen LogP contribution in [0.2, 0.25) is 0 Å². The average Bonchev–Trinajstić information content (AvgIpc) is 3.44. The Bertz CT molecular complexity index is 516. The molecule has 3 fully saturated rings. The van der Waals surface area contributed by atoms with E-state index >= 15 is 0 Å². The molecule has 1 heterocycles. The highest BCUT2D eigenvalue weighted by molar-refractivity contribution is 5.19. The summed E-state index contributed by atoms with van der Waals surface area (Å²) in [5.41, 5.74) is 6.14. The fourth-order valence-electron chi connectivity index (χ4n) is 3.89. The van der Waals surface area contributed by atoms with Crippen molar-refractivity contribution in [1.82, 2.24) is 15.5 Å². The molecule has 4 rings (SSSR count). The summed E-state index contributed by atoms with van der Waals surface area (Å²) in [5, 5.41) is 8.04. The molecule has 0 spiro atoms. The molecule has 3 aliphatic rings. The van der Waals surface area contributed by atoms with Crippen molar-refractivity contribution in [1.29, 1.82) is 0 Å². The van der Waals surface area contributed by atoms with E-state index in [2.05, 4.69) is 17.4 Å². The zero-order valence-corrected chi connectivity index (χ0v) is 13.6. The second-order valence-corrected chi connectivity index (χ2v) is 7.74. The van der Waals surface area contributed by atoms with Crippen LogP contribution >= 0.6 is 0 Å². The van der Waals surface area contributed by atoms with Crippen molar-refractivity contribution in [3.63, 3.8) is 0 Å². The van der Waals surface area contributed by atoms with Gasteiger partial charge < -0.3 is 15.6 Å². The zero-order chi connectivity index (χ0) is 15.2. The number of hydrogen-bond donors (Lipinski definition) is 2. The minimum Gasteiger partial charge on any atom is -0.339 e. The molecule has 3 aliphatic carbocycles. The third-order valence-corrected chi connectivity index (χ3v) is 6.04. The lowest BCUT2D eigenvalue weighted by molar-refractivity contribution is 0.298. The van der Waals surface area contributed by atoms with Gasteiger partial charge in [0, 0.05) is 30.0 Å². The van der Waals surface area contributed by atoms with Crippen LogP contribution in [-0.4, -0.2) is 28.8 Å². The van der Waals surface area contributed by atoms with Crippen LogP contribution in [0.25, 0.3) is 0 Å². The zero-order valence-electron chi connectivity index (χ0n) is 13.6. The summed E-state index contributed by atoms with van der Waals surface area (Å²) in [6, 6.07) is 1.09. The van der Waals surface area contributed by atoms with Crippen LogP contribution in [0.3, 0.4) is 0 Å². The number of nitrogens with zero attached hydrogens (tertiary/aromatic N) is 2. The molecule has 0 unspecified atom stereocenters. The van der Waals surface area contributed by atoms with Gasteiger partial charge in [-0.2, -0.15) is 4.98 Å². The SMILES string of the molecule is CC[C@@H]1C[C@H]1NCC1(c2noc([C@H]3CC[C@H](N)CC3)n2)CC1. The number of aromatic nitrogens is 2. The van der Waals surface area contributed by atoms with E-state index in [1.165, 1.54) is 25.7 Å². The number of rotatable bonds is 6. The molecule has 0 aromatic carbocycles. The first-order chi connectivity index (χ1) is 10.7. The van der Waals surface area contributed by atoms with E-state index in [0.29, 0.717) is 12.0 Å². The van der Waals surface area contributed by atoms with E-state index in [-0.39, 0.29) is 5.41 Å². The molecular weight excluding hydrogens is 276 g/mol. The normalized spacial score (nSPS) is 36.3. The van der Waals surface area contributed by atoms with Gasteiger partial charge in [0.2, 0.25) is 5.89 Å². The summed E-state index contributed by atoms with van der Waals surface area (Å²) in [5.74, 6) is 3.12. The van der Waals surface area contributed by atoms with Crippen LogP contribution < -0.4 is 11.1 Å². The molecule has 3 N–H and O–H groups in total. The Morgan fingerprint density at radius 1 is 1.27 bits per heavy atom. The monoisotopic (exact) mass is 304 g/mol. The summed E-state index contributed by atoms with van der Waals surface area (Å²) < 4.78 is 5.60. The molecule has 0 saturated heterocycles. The summed E-state index contributed by atoms with van der Waals surface area (Å²) in [6.07, 6.45) is 9.36. The van der Waals surface area contributed by atoms with E-state index < -0.39 is 0 Å². The maximum Gasteiger partial charge on any atom is 0.229 e. The molecule has 0 bridgehead atoms. The average molecular weight is 304 g/mol. The summed E-state index contributed by atoms with van der Waals surface area (Å²) in [7, 11) is 0. The second-order valence-electron chi connectivity index (χ2n) is 7.74. The molecule has 22 heavy (non-hydrogen) atoms. The van der Waals surface area contributed by atoms with Gasteiger partial charge in [0.1, 0.15) is 0 Å².